The van der Waals surface area contributed by atoms with Gasteiger partial charge in [0.1, 0.15) is 0 Å². The Morgan fingerprint density at radius 3 is 2.59 bits per heavy atom. The molecule has 0 radical (unpaired) electrons. The maximum atomic E-state index is 14.4. The van der Waals surface area contributed by atoms with Crippen LogP contribution in [0.2, 0.25) is 0 Å². The van der Waals surface area contributed by atoms with E-state index in [2.05, 4.69) is 4.74 Å². The number of anilines is 1. The lowest BCUT2D eigenvalue weighted by molar-refractivity contribution is -0.131. The van der Waals surface area contributed by atoms with E-state index >= 15 is 0 Å². The molecule has 2 amide bonds. The van der Waals surface area contributed by atoms with Gasteiger partial charge >= 0.3 is 0 Å². The SMILES string of the molecule is COc1c(F)cc(N2CC[C@H]3CN(C(=O)CC(C)C)C[C@H]3C2=O)c(F)c1F. The highest BCUT2D eigenvalue weighted by Crippen LogP contribution is 2.38. The monoisotopic (exact) mass is 384 g/mol. The number of carbonyl (C=O) groups is 2. The lowest BCUT2D eigenvalue weighted by Gasteiger charge is -2.34. The van der Waals surface area contributed by atoms with Gasteiger partial charge in [0.05, 0.1) is 18.7 Å². The molecule has 3 rings (SSSR count). The third kappa shape index (κ3) is 3.49. The smallest absolute Gasteiger partial charge is 0.232 e. The van der Waals surface area contributed by atoms with Crippen LogP contribution in [0.3, 0.4) is 0 Å². The van der Waals surface area contributed by atoms with Crippen molar-refractivity contribution in [2.45, 2.75) is 26.7 Å². The van der Waals surface area contributed by atoms with Gasteiger partial charge in [-0.3, -0.25) is 9.59 Å². The molecule has 2 aliphatic rings. The van der Waals surface area contributed by atoms with E-state index in [0.717, 1.165) is 18.1 Å². The lowest BCUT2D eigenvalue weighted by atomic mass is 9.87. The van der Waals surface area contributed by atoms with Crippen LogP contribution in [0.15, 0.2) is 6.07 Å². The number of benzene rings is 1. The lowest BCUT2D eigenvalue weighted by Crippen LogP contribution is -2.46. The maximum absolute atomic E-state index is 14.4. The highest BCUT2D eigenvalue weighted by atomic mass is 19.2. The molecule has 2 aliphatic heterocycles. The van der Waals surface area contributed by atoms with Crippen molar-refractivity contribution in [1.29, 1.82) is 0 Å². The zero-order chi connectivity index (χ0) is 19.9. The van der Waals surface area contributed by atoms with Gasteiger partial charge in [0.15, 0.2) is 17.4 Å². The molecule has 2 heterocycles. The average Bonchev–Trinajstić information content (AvgIpc) is 3.04. The largest absolute Gasteiger partial charge is 0.491 e. The second-order valence-electron chi connectivity index (χ2n) is 7.58. The number of piperidine rings is 1. The number of amides is 2. The first-order valence-corrected chi connectivity index (χ1v) is 9.05. The molecule has 0 aromatic heterocycles. The van der Waals surface area contributed by atoms with Gasteiger partial charge in [0.2, 0.25) is 17.6 Å². The number of rotatable bonds is 4. The summed E-state index contributed by atoms with van der Waals surface area (Å²) in [5, 5.41) is 0. The van der Waals surface area contributed by atoms with Gasteiger partial charge in [0.25, 0.3) is 0 Å². The van der Waals surface area contributed by atoms with E-state index in [1.165, 1.54) is 0 Å². The predicted octanol–water partition coefficient (Wildman–Crippen LogP) is 2.97. The Morgan fingerprint density at radius 2 is 1.96 bits per heavy atom. The third-order valence-electron chi connectivity index (χ3n) is 5.28. The zero-order valence-electron chi connectivity index (χ0n) is 15.6. The Bertz CT molecular complexity index is 769. The fraction of sp³-hybridized carbons (Fsp3) is 0.579. The molecule has 1 aromatic rings. The first kappa shape index (κ1) is 19.5. The Balaban J connectivity index is 1.82. The van der Waals surface area contributed by atoms with Gasteiger partial charge < -0.3 is 14.5 Å². The van der Waals surface area contributed by atoms with Crippen molar-refractivity contribution < 1.29 is 27.5 Å². The van der Waals surface area contributed by atoms with Crippen LogP contribution >= 0.6 is 0 Å². The number of hydrogen-bond donors (Lipinski definition) is 0. The van der Waals surface area contributed by atoms with Gasteiger partial charge in [-0.15, -0.1) is 0 Å². The molecule has 27 heavy (non-hydrogen) atoms. The third-order valence-corrected chi connectivity index (χ3v) is 5.28. The topological polar surface area (TPSA) is 49.9 Å². The zero-order valence-corrected chi connectivity index (χ0v) is 15.6. The molecule has 8 heteroatoms. The molecule has 2 fully saturated rings. The van der Waals surface area contributed by atoms with Crippen molar-refractivity contribution in [3.05, 3.63) is 23.5 Å². The van der Waals surface area contributed by atoms with Crippen LogP contribution in [0.1, 0.15) is 26.7 Å². The molecule has 2 atom stereocenters. The summed E-state index contributed by atoms with van der Waals surface area (Å²) in [4.78, 5) is 27.9. The minimum absolute atomic E-state index is 0.00790. The Labute approximate surface area is 156 Å². The molecular weight excluding hydrogens is 361 g/mol. The Hall–Kier alpha value is -2.25. The highest BCUT2D eigenvalue weighted by Gasteiger charge is 2.45. The molecule has 0 spiro atoms. The van der Waals surface area contributed by atoms with Crippen molar-refractivity contribution in [2.75, 3.05) is 31.6 Å². The molecule has 5 nitrogen and oxygen atoms in total. The van der Waals surface area contributed by atoms with E-state index < -0.39 is 40.7 Å². The molecule has 0 aliphatic carbocycles. The van der Waals surface area contributed by atoms with E-state index in [1.807, 2.05) is 13.8 Å². The summed E-state index contributed by atoms with van der Waals surface area (Å²) < 4.78 is 47.0. The number of nitrogens with zero attached hydrogens (tertiary/aromatic N) is 2. The van der Waals surface area contributed by atoms with Gasteiger partial charge in [-0.05, 0) is 18.3 Å². The number of methoxy groups -OCH3 is 1. The first-order chi connectivity index (χ1) is 12.7. The Kier molecular flexibility index (Phi) is 5.35. The van der Waals surface area contributed by atoms with Crippen LogP contribution in [0, 0.1) is 35.2 Å². The van der Waals surface area contributed by atoms with Gasteiger partial charge in [-0.25, -0.2) is 8.78 Å². The molecule has 0 bridgehead atoms. The molecule has 0 saturated carbocycles. The number of carbonyl (C=O) groups excluding carboxylic acids is 2. The van der Waals surface area contributed by atoms with Crippen LogP contribution in [-0.4, -0.2) is 43.5 Å². The van der Waals surface area contributed by atoms with Gasteiger partial charge in [-0.2, -0.15) is 4.39 Å². The average molecular weight is 384 g/mol. The van der Waals surface area contributed by atoms with E-state index in [9.17, 15) is 22.8 Å². The summed E-state index contributed by atoms with van der Waals surface area (Å²) in [6, 6.07) is 0.784. The standard InChI is InChI=1S/C19H23F3N2O3/c1-10(2)6-15(25)23-8-11-4-5-24(19(26)12(11)9-23)14-7-13(20)18(27-3)17(22)16(14)21/h7,10-12H,4-6,8-9H2,1-3H3/t11-,12+/m0/s1. The fourth-order valence-corrected chi connectivity index (χ4v) is 3.92. The molecule has 0 unspecified atom stereocenters. The van der Waals surface area contributed by atoms with Gasteiger partial charge in [-0.1, -0.05) is 13.8 Å². The quantitative estimate of drug-likeness (QED) is 0.750. The summed E-state index contributed by atoms with van der Waals surface area (Å²) >= 11 is 0. The van der Waals surface area contributed by atoms with E-state index in [4.69, 9.17) is 0 Å². The van der Waals surface area contributed by atoms with E-state index in [0.29, 0.717) is 19.4 Å². The fourth-order valence-electron chi connectivity index (χ4n) is 3.92. The summed E-state index contributed by atoms with van der Waals surface area (Å²) in [5.74, 6) is -5.35. The Morgan fingerprint density at radius 1 is 1.26 bits per heavy atom. The summed E-state index contributed by atoms with van der Waals surface area (Å²) in [6.45, 7) is 4.79. The van der Waals surface area contributed by atoms with Crippen molar-refractivity contribution in [3.8, 4) is 5.75 Å². The van der Waals surface area contributed by atoms with Crippen molar-refractivity contribution in [3.63, 3.8) is 0 Å². The van der Waals surface area contributed by atoms with Crippen molar-refractivity contribution in [1.82, 2.24) is 4.90 Å². The van der Waals surface area contributed by atoms with Crippen LogP contribution in [0.4, 0.5) is 18.9 Å². The molecule has 148 valence electrons. The number of likely N-dealkylation sites (tertiary alicyclic amines) is 1. The number of hydrogen-bond acceptors (Lipinski definition) is 3. The molecular formula is C19H23F3N2O3. The van der Waals surface area contributed by atoms with Crippen LogP contribution in [0.5, 0.6) is 5.75 Å². The highest BCUT2D eigenvalue weighted by molar-refractivity contribution is 5.97. The van der Waals surface area contributed by atoms with E-state index in [1.54, 1.807) is 4.90 Å². The maximum Gasteiger partial charge on any atom is 0.232 e. The summed E-state index contributed by atoms with van der Waals surface area (Å²) in [5.41, 5.74) is -0.429. The van der Waals surface area contributed by atoms with Crippen LogP contribution in [0.25, 0.3) is 0 Å². The molecule has 0 N–H and O–H groups in total. The summed E-state index contributed by atoms with van der Waals surface area (Å²) in [6.07, 6.45) is 0.942. The summed E-state index contributed by atoms with van der Waals surface area (Å²) in [7, 11) is 1.04. The normalized spacial score (nSPS) is 22.4. The number of ether oxygens (including phenoxy) is 1. The minimum atomic E-state index is -1.46. The number of halogens is 3. The second-order valence-corrected chi connectivity index (χ2v) is 7.58. The second kappa shape index (κ2) is 7.40. The van der Waals surface area contributed by atoms with E-state index in [-0.39, 0.29) is 30.8 Å². The predicted molar refractivity (Wildman–Crippen MR) is 92.9 cm³/mol. The van der Waals surface area contributed by atoms with Crippen molar-refractivity contribution >= 4 is 17.5 Å². The van der Waals surface area contributed by atoms with Crippen LogP contribution < -0.4 is 9.64 Å². The van der Waals surface area contributed by atoms with Crippen LogP contribution in [-0.2, 0) is 9.59 Å². The van der Waals surface area contributed by atoms with Crippen molar-refractivity contribution in [2.24, 2.45) is 17.8 Å². The minimum Gasteiger partial charge on any atom is -0.491 e. The van der Waals surface area contributed by atoms with Gasteiger partial charge in [0, 0.05) is 32.1 Å². The molecule has 1 aromatic carbocycles. The number of fused-ring (bicyclic) bond motifs is 1. The first-order valence-electron chi connectivity index (χ1n) is 9.05. The molecule has 2 saturated heterocycles.